The zero-order chi connectivity index (χ0) is 12.6. The Hall–Kier alpha value is -1.61. The highest BCUT2D eigenvalue weighted by molar-refractivity contribution is 5.37. The van der Waals surface area contributed by atoms with Crippen LogP contribution in [0.5, 0.6) is 0 Å². The maximum absolute atomic E-state index is 6.31. The fraction of sp³-hybridized carbons (Fsp3) is 0.357. The van der Waals surface area contributed by atoms with Gasteiger partial charge in [-0.1, -0.05) is 29.3 Å². The van der Waals surface area contributed by atoms with Gasteiger partial charge in [-0.3, -0.25) is 4.68 Å². The van der Waals surface area contributed by atoms with Crippen LogP contribution >= 0.6 is 0 Å². The minimum atomic E-state index is -0.0951. The molecule has 90 valence electrons. The van der Waals surface area contributed by atoms with Gasteiger partial charge >= 0.3 is 0 Å². The fourth-order valence-electron chi connectivity index (χ4n) is 2.19. The highest BCUT2D eigenvalue weighted by Gasteiger charge is 2.14. The molecule has 0 saturated carbocycles. The quantitative estimate of drug-likeness (QED) is 0.859. The second-order valence-corrected chi connectivity index (χ2v) is 4.71. The summed E-state index contributed by atoms with van der Waals surface area (Å²) >= 11 is 0. The van der Waals surface area contributed by atoms with Gasteiger partial charge in [0.25, 0.3) is 0 Å². The van der Waals surface area contributed by atoms with Crippen LogP contribution in [0.4, 0.5) is 0 Å². The third kappa shape index (κ3) is 2.24. The van der Waals surface area contributed by atoms with Crippen LogP contribution in [-0.4, -0.2) is 9.78 Å². The lowest BCUT2D eigenvalue weighted by Crippen LogP contribution is -2.13. The molecule has 0 amide bonds. The number of hydrogen-bond acceptors (Lipinski definition) is 2. The molecule has 0 aliphatic heterocycles. The molecule has 1 aromatic carbocycles. The molecule has 3 nitrogen and oxygen atoms in total. The van der Waals surface area contributed by atoms with Crippen molar-refractivity contribution in [3.8, 4) is 0 Å². The van der Waals surface area contributed by atoms with E-state index in [4.69, 9.17) is 5.73 Å². The van der Waals surface area contributed by atoms with E-state index in [0.717, 1.165) is 16.8 Å². The largest absolute Gasteiger partial charge is 0.320 e. The van der Waals surface area contributed by atoms with Crippen molar-refractivity contribution in [3.05, 3.63) is 52.3 Å². The van der Waals surface area contributed by atoms with Crippen molar-refractivity contribution in [2.75, 3.05) is 0 Å². The van der Waals surface area contributed by atoms with E-state index in [1.54, 1.807) is 0 Å². The summed E-state index contributed by atoms with van der Waals surface area (Å²) in [5.41, 5.74) is 12.2. The van der Waals surface area contributed by atoms with Gasteiger partial charge in [0.2, 0.25) is 0 Å². The molecule has 1 aromatic heterocycles. The Labute approximate surface area is 102 Å². The Morgan fingerprint density at radius 3 is 2.18 bits per heavy atom. The molecular formula is C14H19N3. The number of benzene rings is 1. The average Bonchev–Trinajstić information content (AvgIpc) is 2.57. The van der Waals surface area contributed by atoms with Crippen molar-refractivity contribution in [2.45, 2.75) is 26.8 Å². The number of hydrogen-bond donors (Lipinski definition) is 1. The first kappa shape index (κ1) is 11.9. The summed E-state index contributed by atoms with van der Waals surface area (Å²) in [6, 6.07) is 6.35. The van der Waals surface area contributed by atoms with Gasteiger partial charge in [-0.05, 0) is 26.3 Å². The van der Waals surface area contributed by atoms with Crippen LogP contribution in [0.3, 0.4) is 0 Å². The van der Waals surface area contributed by atoms with E-state index in [2.05, 4.69) is 37.1 Å². The van der Waals surface area contributed by atoms with E-state index in [1.807, 2.05) is 24.9 Å². The smallest absolute Gasteiger partial charge is 0.0585 e. The van der Waals surface area contributed by atoms with Crippen LogP contribution in [-0.2, 0) is 7.05 Å². The van der Waals surface area contributed by atoms with Crippen LogP contribution in [0.25, 0.3) is 0 Å². The molecule has 3 heteroatoms. The number of nitrogens with two attached hydrogens (primary N) is 1. The molecule has 0 radical (unpaired) electrons. The molecule has 2 aromatic rings. The van der Waals surface area contributed by atoms with Crippen LogP contribution in [0.2, 0.25) is 0 Å². The summed E-state index contributed by atoms with van der Waals surface area (Å²) in [6.45, 7) is 6.24. The first-order valence-corrected chi connectivity index (χ1v) is 5.81. The van der Waals surface area contributed by atoms with Crippen LogP contribution in [0.15, 0.2) is 24.4 Å². The third-order valence-corrected chi connectivity index (χ3v) is 3.21. The van der Waals surface area contributed by atoms with Crippen LogP contribution in [0.1, 0.15) is 34.0 Å². The monoisotopic (exact) mass is 229 g/mol. The van der Waals surface area contributed by atoms with Crippen molar-refractivity contribution in [2.24, 2.45) is 12.8 Å². The Bertz CT molecular complexity index is 520. The standard InChI is InChI=1S/C14H19N3/c1-9-5-10(2)7-12(6-9)14(15)13-8-16-17(4)11(13)3/h5-8,14H,15H2,1-4H3. The van der Waals surface area contributed by atoms with Gasteiger partial charge in [0.05, 0.1) is 12.2 Å². The molecule has 0 saturated heterocycles. The second-order valence-electron chi connectivity index (χ2n) is 4.71. The van der Waals surface area contributed by atoms with Gasteiger partial charge in [-0.2, -0.15) is 5.10 Å². The number of rotatable bonds is 2. The van der Waals surface area contributed by atoms with Crippen LogP contribution in [0, 0.1) is 20.8 Å². The highest BCUT2D eigenvalue weighted by Crippen LogP contribution is 2.23. The van der Waals surface area contributed by atoms with E-state index in [1.165, 1.54) is 11.1 Å². The summed E-state index contributed by atoms with van der Waals surface area (Å²) in [5.74, 6) is 0. The molecule has 1 unspecified atom stereocenters. The lowest BCUT2D eigenvalue weighted by atomic mass is 9.97. The van der Waals surface area contributed by atoms with E-state index < -0.39 is 0 Å². The van der Waals surface area contributed by atoms with Crippen LogP contribution < -0.4 is 5.73 Å². The Morgan fingerprint density at radius 1 is 1.12 bits per heavy atom. The van der Waals surface area contributed by atoms with Crippen molar-refractivity contribution in [3.63, 3.8) is 0 Å². The summed E-state index contributed by atoms with van der Waals surface area (Å²) in [7, 11) is 1.94. The predicted molar refractivity (Wildman–Crippen MR) is 69.9 cm³/mol. The second kappa shape index (κ2) is 4.34. The normalized spacial score (nSPS) is 12.8. The fourth-order valence-corrected chi connectivity index (χ4v) is 2.19. The average molecular weight is 229 g/mol. The molecule has 0 bridgehead atoms. The molecule has 1 heterocycles. The minimum absolute atomic E-state index is 0.0951. The molecule has 0 aliphatic rings. The van der Waals surface area contributed by atoms with Gasteiger partial charge in [0.15, 0.2) is 0 Å². The summed E-state index contributed by atoms with van der Waals surface area (Å²) in [4.78, 5) is 0. The van der Waals surface area contributed by atoms with Crippen molar-refractivity contribution >= 4 is 0 Å². The van der Waals surface area contributed by atoms with Crippen molar-refractivity contribution in [1.29, 1.82) is 0 Å². The number of aromatic nitrogens is 2. The summed E-state index contributed by atoms with van der Waals surface area (Å²) < 4.78 is 1.86. The van der Waals surface area contributed by atoms with Gasteiger partial charge < -0.3 is 5.73 Å². The molecule has 0 aliphatic carbocycles. The molecule has 1 atom stereocenters. The lowest BCUT2D eigenvalue weighted by Gasteiger charge is -2.13. The topological polar surface area (TPSA) is 43.8 Å². The zero-order valence-electron chi connectivity index (χ0n) is 10.9. The van der Waals surface area contributed by atoms with E-state index in [0.29, 0.717) is 0 Å². The summed E-state index contributed by atoms with van der Waals surface area (Å²) in [5, 5.41) is 4.24. The predicted octanol–water partition coefficient (Wildman–Crippen LogP) is 2.39. The third-order valence-electron chi connectivity index (χ3n) is 3.21. The van der Waals surface area contributed by atoms with Gasteiger partial charge in [0.1, 0.15) is 0 Å². The number of aryl methyl sites for hydroxylation is 3. The molecule has 2 rings (SSSR count). The SMILES string of the molecule is Cc1cc(C)cc(C(N)c2cnn(C)c2C)c1. The van der Waals surface area contributed by atoms with Gasteiger partial charge in [-0.15, -0.1) is 0 Å². The molecule has 0 spiro atoms. The lowest BCUT2D eigenvalue weighted by molar-refractivity contribution is 0.734. The maximum atomic E-state index is 6.31. The molecule has 17 heavy (non-hydrogen) atoms. The molecular weight excluding hydrogens is 210 g/mol. The van der Waals surface area contributed by atoms with E-state index >= 15 is 0 Å². The first-order chi connectivity index (χ1) is 7.99. The van der Waals surface area contributed by atoms with Gasteiger partial charge in [0, 0.05) is 18.3 Å². The zero-order valence-corrected chi connectivity index (χ0v) is 10.9. The highest BCUT2D eigenvalue weighted by atomic mass is 15.3. The minimum Gasteiger partial charge on any atom is -0.320 e. The van der Waals surface area contributed by atoms with Gasteiger partial charge in [-0.25, -0.2) is 0 Å². The first-order valence-electron chi connectivity index (χ1n) is 5.81. The molecule has 0 fully saturated rings. The Balaban J connectivity index is 2.43. The van der Waals surface area contributed by atoms with Crippen molar-refractivity contribution < 1.29 is 0 Å². The Morgan fingerprint density at radius 2 is 1.71 bits per heavy atom. The maximum Gasteiger partial charge on any atom is 0.0585 e. The van der Waals surface area contributed by atoms with E-state index in [-0.39, 0.29) is 6.04 Å². The summed E-state index contributed by atoms with van der Waals surface area (Å²) in [6.07, 6.45) is 1.86. The van der Waals surface area contributed by atoms with Crippen molar-refractivity contribution in [1.82, 2.24) is 9.78 Å². The van der Waals surface area contributed by atoms with E-state index in [9.17, 15) is 0 Å². The number of nitrogens with zero attached hydrogens (tertiary/aromatic N) is 2. The molecule has 2 N–H and O–H groups in total. The Kier molecular flexibility index (Phi) is 3.03.